The third-order valence-electron chi connectivity index (χ3n) is 3.82. The zero-order valence-corrected chi connectivity index (χ0v) is 13.1. The Bertz CT molecular complexity index is 508. The van der Waals surface area contributed by atoms with Gasteiger partial charge in [-0.05, 0) is 57.8 Å². The van der Waals surface area contributed by atoms with Crippen LogP contribution in [-0.2, 0) is 10.0 Å². The van der Waals surface area contributed by atoms with Gasteiger partial charge < -0.3 is 5.32 Å². The van der Waals surface area contributed by atoms with Crippen LogP contribution >= 0.6 is 0 Å². The summed E-state index contributed by atoms with van der Waals surface area (Å²) in [6.45, 7) is 6.49. The van der Waals surface area contributed by atoms with E-state index in [1.54, 1.807) is 28.6 Å². The van der Waals surface area contributed by atoms with Gasteiger partial charge in [0.1, 0.15) is 0 Å². The molecule has 0 spiro atoms. The average Bonchev–Trinajstić information content (AvgIpc) is 2.46. The molecule has 2 rings (SSSR count). The van der Waals surface area contributed by atoms with Crippen molar-refractivity contribution in [2.24, 2.45) is 5.92 Å². The highest BCUT2D eigenvalue weighted by atomic mass is 32.2. The van der Waals surface area contributed by atoms with E-state index in [4.69, 9.17) is 0 Å². The maximum atomic E-state index is 12.8. The lowest BCUT2D eigenvalue weighted by Crippen LogP contribution is -2.42. The fourth-order valence-electron chi connectivity index (χ4n) is 2.63. The lowest BCUT2D eigenvalue weighted by Gasteiger charge is -2.32. The van der Waals surface area contributed by atoms with Gasteiger partial charge in [0.2, 0.25) is 10.0 Å². The second-order valence-electron chi connectivity index (χ2n) is 5.67. The summed E-state index contributed by atoms with van der Waals surface area (Å²) < 4.78 is 27.2. The van der Waals surface area contributed by atoms with Crippen LogP contribution in [-0.4, -0.2) is 38.4 Å². The number of nitrogens with zero attached hydrogens (tertiary/aromatic N) is 1. The smallest absolute Gasteiger partial charge is 0.243 e. The number of rotatable bonds is 5. The van der Waals surface area contributed by atoms with Gasteiger partial charge in [-0.2, -0.15) is 4.31 Å². The van der Waals surface area contributed by atoms with Gasteiger partial charge in [-0.3, -0.25) is 0 Å². The van der Waals surface area contributed by atoms with Crippen molar-refractivity contribution < 1.29 is 8.42 Å². The maximum absolute atomic E-state index is 12.8. The molecular formula is C15H24N2O2S. The highest BCUT2D eigenvalue weighted by Crippen LogP contribution is 2.22. The Balaban J connectivity index is 2.19. The van der Waals surface area contributed by atoms with Crippen molar-refractivity contribution in [2.75, 3.05) is 19.6 Å². The van der Waals surface area contributed by atoms with Gasteiger partial charge in [0.05, 0.1) is 4.90 Å². The van der Waals surface area contributed by atoms with Crippen molar-refractivity contribution in [1.29, 1.82) is 0 Å². The first-order chi connectivity index (χ1) is 9.51. The minimum absolute atomic E-state index is 0.0184. The average molecular weight is 296 g/mol. The predicted octanol–water partition coefficient (Wildman–Crippen LogP) is 2.09. The third-order valence-corrected chi connectivity index (χ3v) is 5.88. The Morgan fingerprint density at radius 2 is 1.80 bits per heavy atom. The van der Waals surface area contributed by atoms with E-state index in [0.717, 1.165) is 25.9 Å². The van der Waals surface area contributed by atoms with Gasteiger partial charge in [-0.25, -0.2) is 8.42 Å². The molecule has 5 heteroatoms. The molecule has 1 heterocycles. The van der Waals surface area contributed by atoms with Gasteiger partial charge in [-0.1, -0.05) is 18.2 Å². The molecule has 0 unspecified atom stereocenters. The summed E-state index contributed by atoms with van der Waals surface area (Å²) in [7, 11) is -3.39. The van der Waals surface area contributed by atoms with Crippen molar-refractivity contribution in [3.05, 3.63) is 30.3 Å². The maximum Gasteiger partial charge on any atom is 0.243 e. The van der Waals surface area contributed by atoms with Crippen molar-refractivity contribution in [3.63, 3.8) is 0 Å². The Kier molecular flexibility index (Phi) is 5.18. The fraction of sp³-hybridized carbons (Fsp3) is 0.600. The van der Waals surface area contributed by atoms with Crippen molar-refractivity contribution in [1.82, 2.24) is 9.62 Å². The van der Waals surface area contributed by atoms with Crippen LogP contribution in [0.15, 0.2) is 35.2 Å². The van der Waals surface area contributed by atoms with E-state index in [2.05, 4.69) is 5.32 Å². The molecule has 1 saturated heterocycles. The Hall–Kier alpha value is -0.910. The van der Waals surface area contributed by atoms with E-state index in [1.165, 1.54) is 0 Å². The standard InChI is InChI=1S/C15H24N2O2S/c1-13(2)17(12-14-8-10-16-11-9-14)20(18,19)15-6-4-3-5-7-15/h3-7,13-14,16H,8-12H2,1-2H3. The molecule has 0 amide bonds. The van der Waals surface area contributed by atoms with E-state index in [0.29, 0.717) is 17.4 Å². The Morgan fingerprint density at radius 1 is 1.20 bits per heavy atom. The Morgan fingerprint density at radius 3 is 2.35 bits per heavy atom. The zero-order chi connectivity index (χ0) is 14.6. The molecule has 112 valence electrons. The number of hydrogen-bond acceptors (Lipinski definition) is 3. The number of piperidine rings is 1. The van der Waals surface area contributed by atoms with Gasteiger partial charge in [-0.15, -0.1) is 0 Å². The number of sulfonamides is 1. The van der Waals surface area contributed by atoms with Gasteiger partial charge in [0.25, 0.3) is 0 Å². The summed E-state index contributed by atoms with van der Waals surface area (Å²) in [4.78, 5) is 0.391. The van der Waals surface area contributed by atoms with Crippen LogP contribution in [0.1, 0.15) is 26.7 Å². The van der Waals surface area contributed by atoms with Crippen molar-refractivity contribution >= 4 is 10.0 Å². The SMILES string of the molecule is CC(C)N(CC1CCNCC1)S(=O)(=O)c1ccccc1. The topological polar surface area (TPSA) is 49.4 Å². The van der Waals surface area contributed by atoms with Crippen LogP contribution < -0.4 is 5.32 Å². The molecule has 0 saturated carbocycles. The molecule has 0 radical (unpaired) electrons. The van der Waals surface area contributed by atoms with Gasteiger partial charge in [0.15, 0.2) is 0 Å². The minimum atomic E-state index is -3.39. The summed E-state index contributed by atoms with van der Waals surface area (Å²) in [5.74, 6) is 0.456. The highest BCUT2D eigenvalue weighted by Gasteiger charge is 2.29. The lowest BCUT2D eigenvalue weighted by atomic mass is 9.98. The zero-order valence-electron chi connectivity index (χ0n) is 12.2. The minimum Gasteiger partial charge on any atom is -0.317 e. The summed E-state index contributed by atoms with van der Waals surface area (Å²) in [6.07, 6.45) is 2.10. The normalized spacial score (nSPS) is 17.8. The molecule has 1 aliphatic rings. The first kappa shape index (κ1) is 15.5. The van der Waals surface area contributed by atoms with Crippen LogP contribution in [0.25, 0.3) is 0 Å². The van der Waals surface area contributed by atoms with Crippen molar-refractivity contribution in [2.45, 2.75) is 37.6 Å². The third kappa shape index (κ3) is 3.59. The Labute approximate surface area is 122 Å². The monoisotopic (exact) mass is 296 g/mol. The quantitative estimate of drug-likeness (QED) is 0.905. The molecule has 0 atom stereocenters. The molecule has 1 aliphatic heterocycles. The fourth-order valence-corrected chi connectivity index (χ4v) is 4.37. The summed E-state index contributed by atoms with van der Waals surface area (Å²) in [5, 5.41) is 3.32. The molecule has 20 heavy (non-hydrogen) atoms. The lowest BCUT2D eigenvalue weighted by molar-refractivity contribution is 0.261. The first-order valence-corrected chi connectivity index (χ1v) is 8.73. The predicted molar refractivity (Wildman–Crippen MR) is 81.1 cm³/mol. The molecule has 1 N–H and O–H groups in total. The van der Waals surface area contributed by atoms with Gasteiger partial charge >= 0.3 is 0 Å². The molecule has 4 nitrogen and oxygen atoms in total. The number of hydrogen-bond donors (Lipinski definition) is 1. The molecule has 1 aromatic rings. The summed E-state index contributed by atoms with van der Waals surface area (Å²) >= 11 is 0. The van der Waals surface area contributed by atoms with E-state index in [1.807, 2.05) is 19.9 Å². The molecule has 0 bridgehead atoms. The first-order valence-electron chi connectivity index (χ1n) is 7.29. The number of nitrogens with one attached hydrogen (secondary N) is 1. The van der Waals surface area contributed by atoms with Gasteiger partial charge in [0, 0.05) is 12.6 Å². The second-order valence-corrected chi connectivity index (χ2v) is 7.57. The van der Waals surface area contributed by atoms with Crippen LogP contribution in [0, 0.1) is 5.92 Å². The molecule has 1 fully saturated rings. The largest absolute Gasteiger partial charge is 0.317 e. The molecule has 1 aromatic carbocycles. The molecule has 0 aromatic heterocycles. The number of benzene rings is 1. The summed E-state index contributed by atoms with van der Waals surface area (Å²) in [5.41, 5.74) is 0. The van der Waals surface area contributed by atoms with E-state index < -0.39 is 10.0 Å². The van der Waals surface area contributed by atoms with Crippen LogP contribution in [0.4, 0.5) is 0 Å². The van der Waals surface area contributed by atoms with Crippen LogP contribution in [0.3, 0.4) is 0 Å². The van der Waals surface area contributed by atoms with Crippen LogP contribution in [0.2, 0.25) is 0 Å². The summed E-state index contributed by atoms with van der Waals surface area (Å²) in [6, 6.07) is 8.72. The highest BCUT2D eigenvalue weighted by molar-refractivity contribution is 7.89. The van der Waals surface area contributed by atoms with Crippen LogP contribution in [0.5, 0.6) is 0 Å². The van der Waals surface area contributed by atoms with E-state index in [-0.39, 0.29) is 6.04 Å². The van der Waals surface area contributed by atoms with E-state index in [9.17, 15) is 8.42 Å². The van der Waals surface area contributed by atoms with Crippen molar-refractivity contribution in [3.8, 4) is 0 Å². The van der Waals surface area contributed by atoms with E-state index >= 15 is 0 Å². The molecule has 0 aliphatic carbocycles. The second kappa shape index (κ2) is 6.70. The molecular weight excluding hydrogens is 272 g/mol.